The molecule has 0 spiro atoms. The zero-order valence-corrected chi connectivity index (χ0v) is 18.8. The fraction of sp³-hybridized carbons (Fsp3) is 0.458. The molecule has 4 rings (SSSR count). The summed E-state index contributed by atoms with van der Waals surface area (Å²) in [5.41, 5.74) is 4.41. The topological polar surface area (TPSA) is 74.2 Å². The van der Waals surface area contributed by atoms with E-state index in [4.69, 9.17) is 0 Å². The van der Waals surface area contributed by atoms with Crippen LogP contribution in [0.4, 0.5) is 0 Å². The Balaban J connectivity index is 1.40. The summed E-state index contributed by atoms with van der Waals surface area (Å²) >= 11 is 0. The van der Waals surface area contributed by atoms with Crippen molar-refractivity contribution < 1.29 is 4.79 Å². The minimum atomic E-state index is -0.124. The average molecular weight is 422 g/mol. The van der Waals surface area contributed by atoms with Crippen molar-refractivity contribution in [3.63, 3.8) is 0 Å². The summed E-state index contributed by atoms with van der Waals surface area (Å²) in [6.07, 6.45) is 0.791. The number of aromatic amines is 1. The Hall–Kier alpha value is -2.93. The number of amides is 1. The van der Waals surface area contributed by atoms with Gasteiger partial charge in [-0.1, -0.05) is 30.3 Å². The van der Waals surface area contributed by atoms with E-state index in [2.05, 4.69) is 46.2 Å². The Morgan fingerprint density at radius 2 is 1.94 bits per heavy atom. The third-order valence-electron chi connectivity index (χ3n) is 6.43. The van der Waals surface area contributed by atoms with Crippen LogP contribution >= 0.6 is 0 Å². The third kappa shape index (κ3) is 4.28. The molecular weight excluding hydrogens is 390 g/mol. The number of nitrogens with zero attached hydrogens (tertiary/aromatic N) is 4. The molecule has 1 unspecified atom stereocenters. The molecule has 1 N–H and O–H groups in total. The number of pyridine rings is 1. The number of H-pyrrole nitrogens is 1. The Labute approximate surface area is 182 Å². The fourth-order valence-corrected chi connectivity index (χ4v) is 4.82. The van der Waals surface area contributed by atoms with E-state index in [1.807, 2.05) is 31.9 Å². The molecule has 3 aromatic rings. The maximum atomic E-state index is 13.0. The molecule has 2 aromatic heterocycles. The van der Waals surface area contributed by atoms with Crippen LogP contribution in [0.1, 0.15) is 35.7 Å². The molecule has 0 aliphatic carbocycles. The number of aryl methyl sites for hydroxylation is 3. The number of piperazine rings is 1. The van der Waals surface area contributed by atoms with Crippen LogP contribution in [-0.4, -0.2) is 56.1 Å². The van der Waals surface area contributed by atoms with Crippen molar-refractivity contribution in [1.29, 1.82) is 0 Å². The summed E-state index contributed by atoms with van der Waals surface area (Å²) in [6.45, 7) is 9.37. The molecule has 1 aromatic carbocycles. The van der Waals surface area contributed by atoms with Gasteiger partial charge in [-0.3, -0.25) is 19.2 Å². The first kappa shape index (κ1) is 21.3. The van der Waals surface area contributed by atoms with Crippen LogP contribution in [0.3, 0.4) is 0 Å². The van der Waals surface area contributed by atoms with Crippen molar-refractivity contribution in [1.82, 2.24) is 24.6 Å². The van der Waals surface area contributed by atoms with E-state index in [0.29, 0.717) is 18.4 Å². The fourth-order valence-electron chi connectivity index (χ4n) is 4.82. The lowest BCUT2D eigenvalue weighted by Gasteiger charge is -2.40. The molecule has 0 bridgehead atoms. The van der Waals surface area contributed by atoms with Gasteiger partial charge in [0.15, 0.2) is 0 Å². The number of fused-ring (bicyclic) bond motifs is 1. The summed E-state index contributed by atoms with van der Waals surface area (Å²) < 4.78 is 1.70. The van der Waals surface area contributed by atoms with Crippen molar-refractivity contribution in [2.45, 2.75) is 46.2 Å². The van der Waals surface area contributed by atoms with Gasteiger partial charge in [0.1, 0.15) is 5.65 Å². The van der Waals surface area contributed by atoms with Gasteiger partial charge in [-0.15, -0.1) is 0 Å². The van der Waals surface area contributed by atoms with Gasteiger partial charge in [-0.25, -0.2) is 0 Å². The predicted octanol–water partition coefficient (Wildman–Crippen LogP) is 2.54. The van der Waals surface area contributed by atoms with E-state index in [0.717, 1.165) is 48.5 Å². The summed E-state index contributed by atoms with van der Waals surface area (Å²) in [5.74, 6) is 0.119. The number of nitrogens with one attached hydrogen (secondary N) is 1. The number of benzene rings is 1. The first-order valence-corrected chi connectivity index (χ1v) is 11.0. The van der Waals surface area contributed by atoms with E-state index in [1.54, 1.807) is 4.68 Å². The molecule has 7 heteroatoms. The van der Waals surface area contributed by atoms with Crippen molar-refractivity contribution in [3.05, 3.63) is 63.1 Å². The number of carbonyl (C=O) groups excluding carboxylic acids is 1. The Morgan fingerprint density at radius 3 is 2.65 bits per heavy atom. The maximum Gasteiger partial charge on any atom is 0.253 e. The number of hydrogen-bond donors (Lipinski definition) is 1. The van der Waals surface area contributed by atoms with E-state index < -0.39 is 0 Å². The van der Waals surface area contributed by atoms with Crippen molar-refractivity contribution in [3.8, 4) is 0 Å². The SMILES string of the molecule is Cc1nn(C)c2[nH]c(=O)c(CCC(=O)N3CCN(Cc4ccccc4)CC3C)c(C)c12. The number of aromatic nitrogens is 3. The lowest BCUT2D eigenvalue weighted by molar-refractivity contribution is -0.135. The molecule has 0 saturated carbocycles. The van der Waals surface area contributed by atoms with Crippen molar-refractivity contribution in [2.75, 3.05) is 19.6 Å². The van der Waals surface area contributed by atoms with E-state index in [9.17, 15) is 9.59 Å². The molecule has 1 amide bonds. The smallest absolute Gasteiger partial charge is 0.253 e. The van der Waals surface area contributed by atoms with Gasteiger partial charge in [0.25, 0.3) is 5.56 Å². The van der Waals surface area contributed by atoms with Gasteiger partial charge in [-0.05, 0) is 38.3 Å². The molecule has 1 aliphatic rings. The zero-order valence-electron chi connectivity index (χ0n) is 18.8. The summed E-state index contributed by atoms with van der Waals surface area (Å²) in [7, 11) is 1.83. The Bertz CT molecular complexity index is 1150. The molecule has 1 saturated heterocycles. The molecule has 3 heterocycles. The quantitative estimate of drug-likeness (QED) is 0.687. The van der Waals surface area contributed by atoms with Crippen LogP contribution in [0.5, 0.6) is 0 Å². The Kier molecular flexibility index (Phi) is 5.96. The number of carbonyl (C=O) groups is 1. The summed E-state index contributed by atoms with van der Waals surface area (Å²) in [5, 5.41) is 5.39. The normalized spacial score (nSPS) is 17.4. The molecule has 1 fully saturated rings. The second-order valence-electron chi connectivity index (χ2n) is 8.65. The minimum absolute atomic E-state index is 0.119. The number of rotatable bonds is 5. The first-order valence-electron chi connectivity index (χ1n) is 11.0. The molecule has 0 radical (unpaired) electrons. The monoisotopic (exact) mass is 421 g/mol. The lowest BCUT2D eigenvalue weighted by atomic mass is 10.0. The van der Waals surface area contributed by atoms with Crippen LogP contribution < -0.4 is 5.56 Å². The highest BCUT2D eigenvalue weighted by atomic mass is 16.2. The van der Waals surface area contributed by atoms with Crippen molar-refractivity contribution >= 4 is 16.9 Å². The standard InChI is InChI=1S/C24H31N5O2/c1-16-14-28(15-19-8-6-5-7-9-19)12-13-29(16)21(30)11-10-20-17(2)22-18(3)26-27(4)23(22)25-24(20)31/h5-9,16H,10-15H2,1-4H3,(H,25,31). The summed E-state index contributed by atoms with van der Waals surface area (Å²) in [6, 6.07) is 10.6. The van der Waals surface area contributed by atoms with Crippen molar-refractivity contribution in [2.24, 2.45) is 7.05 Å². The van der Waals surface area contributed by atoms with E-state index in [-0.39, 0.29) is 17.5 Å². The lowest BCUT2D eigenvalue weighted by Crippen LogP contribution is -2.53. The molecule has 31 heavy (non-hydrogen) atoms. The largest absolute Gasteiger partial charge is 0.337 e. The van der Waals surface area contributed by atoms with Gasteiger partial charge >= 0.3 is 0 Å². The highest BCUT2D eigenvalue weighted by Gasteiger charge is 2.27. The van der Waals surface area contributed by atoms with Gasteiger partial charge in [0, 0.05) is 56.6 Å². The third-order valence-corrected chi connectivity index (χ3v) is 6.43. The Morgan fingerprint density at radius 1 is 1.19 bits per heavy atom. The van der Waals surface area contributed by atoms with Crippen LogP contribution in [0.25, 0.3) is 11.0 Å². The van der Waals surface area contributed by atoms with Gasteiger partial charge in [-0.2, -0.15) is 5.10 Å². The van der Waals surface area contributed by atoms with Crippen LogP contribution in [-0.2, 0) is 24.8 Å². The van der Waals surface area contributed by atoms with Crippen LogP contribution in [0.2, 0.25) is 0 Å². The second kappa shape index (κ2) is 8.67. The molecule has 1 atom stereocenters. The summed E-state index contributed by atoms with van der Waals surface area (Å²) in [4.78, 5) is 33.0. The van der Waals surface area contributed by atoms with E-state index in [1.165, 1.54) is 5.56 Å². The molecule has 7 nitrogen and oxygen atoms in total. The van der Waals surface area contributed by atoms with Gasteiger partial charge in [0.2, 0.25) is 5.91 Å². The molecular formula is C24H31N5O2. The predicted molar refractivity (Wildman–Crippen MR) is 122 cm³/mol. The van der Waals surface area contributed by atoms with E-state index >= 15 is 0 Å². The zero-order chi connectivity index (χ0) is 22.1. The average Bonchev–Trinajstić information content (AvgIpc) is 3.01. The second-order valence-corrected chi connectivity index (χ2v) is 8.65. The molecule has 164 valence electrons. The number of hydrogen-bond acceptors (Lipinski definition) is 4. The van der Waals surface area contributed by atoms with Gasteiger partial charge < -0.3 is 9.88 Å². The highest BCUT2D eigenvalue weighted by molar-refractivity contribution is 5.83. The first-order chi connectivity index (χ1) is 14.8. The highest BCUT2D eigenvalue weighted by Crippen LogP contribution is 2.22. The minimum Gasteiger partial charge on any atom is -0.337 e. The molecule has 1 aliphatic heterocycles. The maximum absolute atomic E-state index is 13.0. The van der Waals surface area contributed by atoms with Gasteiger partial charge in [0.05, 0.1) is 5.69 Å². The van der Waals surface area contributed by atoms with Crippen LogP contribution in [0.15, 0.2) is 35.1 Å². The van der Waals surface area contributed by atoms with Crippen LogP contribution in [0, 0.1) is 13.8 Å².